The minimum atomic E-state index is -0.0313. The van der Waals surface area contributed by atoms with E-state index >= 15 is 0 Å². The zero-order valence-corrected chi connectivity index (χ0v) is 16.5. The maximum Gasteiger partial charge on any atom is 0.258 e. The van der Waals surface area contributed by atoms with Gasteiger partial charge in [-0.1, -0.05) is 23.8 Å². The summed E-state index contributed by atoms with van der Waals surface area (Å²) in [5.41, 5.74) is 3.89. The van der Waals surface area contributed by atoms with Crippen molar-refractivity contribution in [1.82, 2.24) is 14.3 Å². The molecule has 0 spiro atoms. The number of aromatic nitrogens is 2. The lowest BCUT2D eigenvalue weighted by Crippen LogP contribution is -2.36. The molecule has 1 saturated heterocycles. The highest BCUT2D eigenvalue weighted by Gasteiger charge is 2.27. The van der Waals surface area contributed by atoms with Crippen LogP contribution in [0.3, 0.4) is 0 Å². The Hall–Kier alpha value is -2.31. The van der Waals surface area contributed by atoms with Gasteiger partial charge in [0, 0.05) is 35.7 Å². The van der Waals surface area contributed by atoms with Gasteiger partial charge in [0.2, 0.25) is 0 Å². The third-order valence-corrected chi connectivity index (χ3v) is 6.10. The summed E-state index contributed by atoms with van der Waals surface area (Å²) >= 11 is 1.47. The number of likely N-dealkylation sites (tertiary alicyclic amines) is 1. The van der Waals surface area contributed by atoms with Crippen molar-refractivity contribution < 1.29 is 4.79 Å². The molecular weight excluding hydrogens is 358 g/mol. The molecule has 0 amide bonds. The highest BCUT2D eigenvalue weighted by atomic mass is 32.1. The van der Waals surface area contributed by atoms with Crippen LogP contribution in [0.25, 0.3) is 4.96 Å². The Kier molecular flexibility index (Phi) is 4.93. The van der Waals surface area contributed by atoms with E-state index in [1.165, 1.54) is 16.9 Å². The molecule has 0 N–H and O–H groups in total. The summed E-state index contributed by atoms with van der Waals surface area (Å²) in [7, 11) is 0. The first-order valence-corrected chi connectivity index (χ1v) is 10.2. The molecule has 1 aliphatic heterocycles. The van der Waals surface area contributed by atoms with Crippen LogP contribution in [0.1, 0.15) is 40.0 Å². The summed E-state index contributed by atoms with van der Waals surface area (Å²) in [6.07, 6.45) is 3.46. The number of Topliss-reactive ketones (excluding diaryl/α,β-unsaturated/α-hetero) is 1. The third kappa shape index (κ3) is 3.73. The van der Waals surface area contributed by atoms with Crippen LogP contribution < -0.4 is 5.56 Å². The van der Waals surface area contributed by atoms with Crippen molar-refractivity contribution in [3.8, 4) is 0 Å². The van der Waals surface area contributed by atoms with Crippen molar-refractivity contribution in [2.45, 2.75) is 33.2 Å². The fourth-order valence-electron chi connectivity index (χ4n) is 3.86. The fourth-order valence-corrected chi connectivity index (χ4v) is 4.60. The first kappa shape index (κ1) is 18.1. The summed E-state index contributed by atoms with van der Waals surface area (Å²) in [4.78, 5) is 32.6. The van der Waals surface area contributed by atoms with E-state index in [0.717, 1.165) is 47.7 Å². The third-order valence-electron chi connectivity index (χ3n) is 5.35. The number of ketones is 1. The van der Waals surface area contributed by atoms with Crippen LogP contribution in [0.5, 0.6) is 0 Å². The molecule has 4 rings (SSSR count). The maximum absolute atomic E-state index is 12.9. The van der Waals surface area contributed by atoms with E-state index in [0.29, 0.717) is 6.54 Å². The minimum Gasteiger partial charge on any atom is -0.297 e. The highest BCUT2D eigenvalue weighted by molar-refractivity contribution is 7.15. The second kappa shape index (κ2) is 7.37. The molecule has 0 atom stereocenters. The smallest absolute Gasteiger partial charge is 0.258 e. The van der Waals surface area contributed by atoms with Gasteiger partial charge >= 0.3 is 0 Å². The SMILES string of the molecule is Cc1ccc(C(=O)C2CCN(Cc3cc(=O)n4ccsc4n3)CC2)c(C)c1. The molecule has 0 saturated carbocycles. The Labute approximate surface area is 162 Å². The Morgan fingerprint density at radius 2 is 2.00 bits per heavy atom. The van der Waals surface area contributed by atoms with Gasteiger partial charge in [0.25, 0.3) is 5.56 Å². The molecule has 3 heterocycles. The van der Waals surface area contributed by atoms with E-state index in [1.54, 1.807) is 16.7 Å². The van der Waals surface area contributed by atoms with Crippen molar-refractivity contribution in [3.05, 3.63) is 68.6 Å². The summed E-state index contributed by atoms with van der Waals surface area (Å²) < 4.78 is 1.57. The summed E-state index contributed by atoms with van der Waals surface area (Å²) in [5.74, 6) is 0.351. The minimum absolute atomic E-state index is 0.0313. The maximum atomic E-state index is 12.9. The van der Waals surface area contributed by atoms with Crippen LogP contribution in [0, 0.1) is 19.8 Å². The van der Waals surface area contributed by atoms with Gasteiger partial charge in [0.15, 0.2) is 10.7 Å². The van der Waals surface area contributed by atoms with Crippen LogP contribution in [-0.4, -0.2) is 33.2 Å². The molecule has 5 nitrogen and oxygen atoms in total. The zero-order chi connectivity index (χ0) is 19.0. The number of fused-ring (bicyclic) bond motifs is 1. The van der Waals surface area contributed by atoms with Crippen LogP contribution >= 0.6 is 11.3 Å². The monoisotopic (exact) mass is 381 g/mol. The predicted octanol–water partition coefficient (Wildman–Crippen LogP) is 3.47. The quantitative estimate of drug-likeness (QED) is 0.650. The molecule has 3 aromatic rings. The second-order valence-electron chi connectivity index (χ2n) is 7.37. The topological polar surface area (TPSA) is 54.7 Å². The lowest BCUT2D eigenvalue weighted by molar-refractivity contribution is 0.0833. The molecule has 1 aliphatic rings. The Morgan fingerprint density at radius 3 is 2.74 bits per heavy atom. The highest BCUT2D eigenvalue weighted by Crippen LogP contribution is 2.24. The van der Waals surface area contributed by atoms with Crippen molar-refractivity contribution in [3.63, 3.8) is 0 Å². The van der Waals surface area contributed by atoms with Crippen LogP contribution in [0.2, 0.25) is 0 Å². The number of carbonyl (C=O) groups excluding carboxylic acids is 1. The van der Waals surface area contributed by atoms with Gasteiger partial charge in [0.05, 0.1) is 5.69 Å². The number of nitrogens with zero attached hydrogens (tertiary/aromatic N) is 3. The fraction of sp³-hybridized carbons (Fsp3) is 0.381. The average Bonchev–Trinajstić information content (AvgIpc) is 3.11. The second-order valence-corrected chi connectivity index (χ2v) is 8.25. The number of rotatable bonds is 4. The number of benzene rings is 1. The molecule has 0 unspecified atom stereocenters. The van der Waals surface area contributed by atoms with E-state index in [2.05, 4.69) is 16.0 Å². The number of thiazole rings is 1. The first-order chi connectivity index (χ1) is 13.0. The van der Waals surface area contributed by atoms with Crippen LogP contribution in [-0.2, 0) is 6.54 Å². The van der Waals surface area contributed by atoms with Gasteiger partial charge in [-0.25, -0.2) is 4.98 Å². The lowest BCUT2D eigenvalue weighted by Gasteiger charge is -2.31. The Balaban J connectivity index is 1.41. The van der Waals surface area contributed by atoms with Crippen molar-refractivity contribution >= 4 is 22.1 Å². The van der Waals surface area contributed by atoms with E-state index in [4.69, 9.17) is 0 Å². The first-order valence-electron chi connectivity index (χ1n) is 9.31. The average molecular weight is 382 g/mol. The van der Waals surface area contributed by atoms with Gasteiger partial charge in [0.1, 0.15) is 0 Å². The standard InChI is InChI=1S/C21H23N3O2S/c1-14-3-4-18(15(2)11-14)20(26)16-5-7-23(8-6-16)13-17-12-19(25)24-9-10-27-21(24)22-17/h3-4,9-12,16H,5-8,13H2,1-2H3. The number of hydrogen-bond acceptors (Lipinski definition) is 5. The summed E-state index contributed by atoms with van der Waals surface area (Å²) in [5, 5.41) is 1.87. The summed E-state index contributed by atoms with van der Waals surface area (Å²) in [6.45, 7) is 6.43. The largest absolute Gasteiger partial charge is 0.297 e. The van der Waals surface area contributed by atoms with Gasteiger partial charge < -0.3 is 0 Å². The van der Waals surface area contributed by atoms with Crippen LogP contribution in [0.15, 0.2) is 40.6 Å². The predicted molar refractivity (Wildman–Crippen MR) is 108 cm³/mol. The van der Waals surface area contributed by atoms with Gasteiger partial charge in [-0.3, -0.25) is 18.9 Å². The van der Waals surface area contributed by atoms with Gasteiger partial charge in [-0.05, 0) is 45.3 Å². The molecule has 27 heavy (non-hydrogen) atoms. The number of carbonyl (C=O) groups is 1. The lowest BCUT2D eigenvalue weighted by atomic mass is 9.87. The number of hydrogen-bond donors (Lipinski definition) is 0. The normalized spacial score (nSPS) is 16.1. The van der Waals surface area contributed by atoms with E-state index in [1.807, 2.05) is 31.4 Å². The molecule has 2 aromatic heterocycles. The molecule has 1 aromatic carbocycles. The Bertz CT molecular complexity index is 1050. The van der Waals surface area contributed by atoms with E-state index < -0.39 is 0 Å². The zero-order valence-electron chi connectivity index (χ0n) is 15.6. The molecular formula is C21H23N3O2S. The number of piperidine rings is 1. The van der Waals surface area contributed by atoms with Crippen molar-refractivity contribution in [1.29, 1.82) is 0 Å². The molecule has 140 valence electrons. The van der Waals surface area contributed by atoms with E-state index in [-0.39, 0.29) is 17.3 Å². The Morgan fingerprint density at radius 1 is 1.22 bits per heavy atom. The molecule has 1 fully saturated rings. The molecule has 0 aliphatic carbocycles. The molecule has 6 heteroatoms. The van der Waals surface area contributed by atoms with Crippen LogP contribution in [0.4, 0.5) is 0 Å². The molecule has 0 radical (unpaired) electrons. The van der Waals surface area contributed by atoms with Gasteiger partial charge in [-0.2, -0.15) is 0 Å². The summed E-state index contributed by atoms with van der Waals surface area (Å²) in [6, 6.07) is 7.67. The van der Waals surface area contributed by atoms with Crippen molar-refractivity contribution in [2.75, 3.05) is 13.1 Å². The van der Waals surface area contributed by atoms with E-state index in [9.17, 15) is 9.59 Å². The van der Waals surface area contributed by atoms with Crippen molar-refractivity contribution in [2.24, 2.45) is 5.92 Å². The molecule has 0 bridgehead atoms. The van der Waals surface area contributed by atoms with Gasteiger partial charge in [-0.15, -0.1) is 11.3 Å². The number of aryl methyl sites for hydroxylation is 2.